The predicted molar refractivity (Wildman–Crippen MR) is 52.2 cm³/mol. The number of nitrogens with one attached hydrogen (secondary N) is 2. The molecule has 0 spiro atoms. The van der Waals surface area contributed by atoms with Crippen molar-refractivity contribution < 1.29 is 4.79 Å². The Hall–Kier alpha value is -0.870. The molecule has 0 bridgehead atoms. The summed E-state index contributed by atoms with van der Waals surface area (Å²) in [6.45, 7) is 4.63. The van der Waals surface area contributed by atoms with Crippen LogP contribution in [0.3, 0.4) is 0 Å². The van der Waals surface area contributed by atoms with Crippen molar-refractivity contribution in [2.24, 2.45) is 5.73 Å². The number of carbonyl (C=O) groups excluding carboxylic acids is 1. The fourth-order valence-electron chi connectivity index (χ4n) is 1.51. The molecule has 1 aliphatic heterocycles. The van der Waals surface area contributed by atoms with Crippen LogP contribution < -0.4 is 16.4 Å². The Morgan fingerprint density at radius 1 is 1.62 bits per heavy atom. The summed E-state index contributed by atoms with van der Waals surface area (Å²) in [5.41, 5.74) is 5.98. The average molecular weight is 183 g/mol. The van der Waals surface area contributed by atoms with E-state index in [1.807, 2.05) is 13.0 Å². The Kier molecular flexibility index (Phi) is 3.92. The minimum Gasteiger partial charge on any atom is -0.366 e. The van der Waals surface area contributed by atoms with Gasteiger partial charge in [0.15, 0.2) is 0 Å². The first-order valence-electron chi connectivity index (χ1n) is 4.69. The highest BCUT2D eigenvalue weighted by molar-refractivity contribution is 5.93. The zero-order valence-electron chi connectivity index (χ0n) is 7.97. The topological polar surface area (TPSA) is 67.2 Å². The van der Waals surface area contributed by atoms with E-state index in [1.165, 1.54) is 0 Å². The Morgan fingerprint density at radius 2 is 2.38 bits per heavy atom. The highest BCUT2D eigenvalue weighted by Gasteiger charge is 2.19. The minimum absolute atomic E-state index is 0.0891. The van der Waals surface area contributed by atoms with Crippen molar-refractivity contribution in [3.05, 3.63) is 11.6 Å². The fraction of sp³-hybridized carbons (Fsp3) is 0.667. The Bertz CT molecular complexity index is 207. The standard InChI is InChI=1S/C9H17N3O/c1-2-3-7(9(10)13)8-6-11-4-5-12-8/h3,8,11-12H,2,4-6H2,1H3,(H2,10,13)/b7-3-. The molecule has 0 aromatic heterocycles. The Balaban J connectivity index is 2.63. The lowest BCUT2D eigenvalue weighted by Gasteiger charge is -2.25. The van der Waals surface area contributed by atoms with Crippen LogP contribution in [0.1, 0.15) is 13.3 Å². The van der Waals surface area contributed by atoms with E-state index in [4.69, 9.17) is 5.73 Å². The number of allylic oxidation sites excluding steroid dienone is 1. The van der Waals surface area contributed by atoms with Gasteiger partial charge in [-0.1, -0.05) is 13.0 Å². The summed E-state index contributed by atoms with van der Waals surface area (Å²) in [4.78, 5) is 11.1. The van der Waals surface area contributed by atoms with E-state index in [0.29, 0.717) is 5.57 Å². The number of piperazine rings is 1. The molecule has 1 unspecified atom stereocenters. The van der Waals surface area contributed by atoms with Gasteiger partial charge in [0, 0.05) is 31.2 Å². The summed E-state index contributed by atoms with van der Waals surface area (Å²) in [5.74, 6) is -0.317. The van der Waals surface area contributed by atoms with Gasteiger partial charge in [0.2, 0.25) is 5.91 Å². The molecule has 0 saturated carbocycles. The third-order valence-corrected chi connectivity index (χ3v) is 2.12. The summed E-state index contributed by atoms with van der Waals surface area (Å²) < 4.78 is 0. The second kappa shape index (κ2) is 4.99. The molecular formula is C9H17N3O. The second-order valence-electron chi connectivity index (χ2n) is 3.14. The molecule has 0 aromatic carbocycles. The SMILES string of the molecule is CC/C=C(\C(N)=O)C1CNCCN1. The monoisotopic (exact) mass is 183 g/mol. The highest BCUT2D eigenvalue weighted by Crippen LogP contribution is 2.04. The zero-order valence-corrected chi connectivity index (χ0v) is 7.97. The van der Waals surface area contributed by atoms with Gasteiger partial charge in [-0.15, -0.1) is 0 Å². The van der Waals surface area contributed by atoms with Crippen molar-refractivity contribution in [3.8, 4) is 0 Å². The van der Waals surface area contributed by atoms with Crippen molar-refractivity contribution >= 4 is 5.91 Å². The number of primary amides is 1. The maximum atomic E-state index is 11.1. The molecule has 13 heavy (non-hydrogen) atoms. The second-order valence-corrected chi connectivity index (χ2v) is 3.14. The third-order valence-electron chi connectivity index (χ3n) is 2.12. The van der Waals surface area contributed by atoms with Crippen LogP contribution in [-0.2, 0) is 4.79 Å². The van der Waals surface area contributed by atoms with Crippen LogP contribution in [0, 0.1) is 0 Å². The molecule has 1 rings (SSSR count). The van der Waals surface area contributed by atoms with E-state index >= 15 is 0 Å². The molecule has 1 atom stereocenters. The maximum Gasteiger partial charge on any atom is 0.245 e. The van der Waals surface area contributed by atoms with E-state index in [1.54, 1.807) is 0 Å². The summed E-state index contributed by atoms with van der Waals surface area (Å²) >= 11 is 0. The fourth-order valence-corrected chi connectivity index (χ4v) is 1.51. The van der Waals surface area contributed by atoms with Gasteiger partial charge in [-0.05, 0) is 6.42 Å². The number of hydrogen-bond donors (Lipinski definition) is 3. The van der Waals surface area contributed by atoms with Gasteiger partial charge in [-0.3, -0.25) is 4.79 Å². The highest BCUT2D eigenvalue weighted by atomic mass is 16.1. The first-order valence-corrected chi connectivity index (χ1v) is 4.69. The van der Waals surface area contributed by atoms with Gasteiger partial charge in [0.1, 0.15) is 0 Å². The van der Waals surface area contributed by atoms with Gasteiger partial charge in [0.05, 0.1) is 0 Å². The summed E-state index contributed by atoms with van der Waals surface area (Å²) in [6.07, 6.45) is 2.74. The van der Waals surface area contributed by atoms with Crippen LogP contribution in [0.4, 0.5) is 0 Å². The first kappa shape index (κ1) is 10.2. The normalized spacial score (nSPS) is 24.4. The van der Waals surface area contributed by atoms with Crippen LogP contribution >= 0.6 is 0 Å². The molecular weight excluding hydrogens is 166 g/mol. The largest absolute Gasteiger partial charge is 0.366 e. The van der Waals surface area contributed by atoms with E-state index < -0.39 is 0 Å². The Morgan fingerprint density at radius 3 is 2.85 bits per heavy atom. The van der Waals surface area contributed by atoms with E-state index in [2.05, 4.69) is 10.6 Å². The smallest absolute Gasteiger partial charge is 0.245 e. The molecule has 1 amide bonds. The predicted octanol–water partition coefficient (Wildman–Crippen LogP) is -0.630. The Labute approximate surface area is 78.6 Å². The number of carbonyl (C=O) groups is 1. The molecule has 0 aliphatic carbocycles. The van der Waals surface area contributed by atoms with Crippen molar-refractivity contribution in [3.63, 3.8) is 0 Å². The lowest BCUT2D eigenvalue weighted by molar-refractivity contribution is -0.114. The molecule has 0 radical (unpaired) electrons. The van der Waals surface area contributed by atoms with Gasteiger partial charge in [-0.25, -0.2) is 0 Å². The number of amides is 1. The molecule has 4 nitrogen and oxygen atoms in total. The van der Waals surface area contributed by atoms with Crippen molar-refractivity contribution in [1.82, 2.24) is 10.6 Å². The number of hydrogen-bond acceptors (Lipinski definition) is 3. The van der Waals surface area contributed by atoms with Crippen molar-refractivity contribution in [2.45, 2.75) is 19.4 Å². The molecule has 0 aromatic rings. The first-order chi connectivity index (χ1) is 6.25. The van der Waals surface area contributed by atoms with Gasteiger partial charge in [-0.2, -0.15) is 0 Å². The van der Waals surface area contributed by atoms with Gasteiger partial charge >= 0.3 is 0 Å². The average Bonchev–Trinajstić information content (AvgIpc) is 2.15. The van der Waals surface area contributed by atoms with Crippen LogP contribution in [0.25, 0.3) is 0 Å². The molecule has 4 N–H and O–H groups in total. The summed E-state index contributed by atoms with van der Waals surface area (Å²) in [7, 11) is 0. The molecule has 74 valence electrons. The van der Waals surface area contributed by atoms with Crippen molar-refractivity contribution in [2.75, 3.05) is 19.6 Å². The number of nitrogens with two attached hydrogens (primary N) is 1. The van der Waals surface area contributed by atoms with Crippen LogP contribution in [-0.4, -0.2) is 31.6 Å². The third kappa shape index (κ3) is 2.82. The van der Waals surface area contributed by atoms with E-state index in [-0.39, 0.29) is 11.9 Å². The number of rotatable bonds is 3. The zero-order chi connectivity index (χ0) is 9.68. The van der Waals surface area contributed by atoms with E-state index in [0.717, 1.165) is 26.1 Å². The molecule has 1 aliphatic rings. The van der Waals surface area contributed by atoms with Gasteiger partial charge in [0.25, 0.3) is 0 Å². The van der Waals surface area contributed by atoms with Crippen LogP contribution in [0.5, 0.6) is 0 Å². The van der Waals surface area contributed by atoms with Crippen LogP contribution in [0.15, 0.2) is 11.6 Å². The minimum atomic E-state index is -0.317. The van der Waals surface area contributed by atoms with Gasteiger partial charge < -0.3 is 16.4 Å². The molecule has 1 fully saturated rings. The molecule has 1 saturated heterocycles. The maximum absolute atomic E-state index is 11.1. The van der Waals surface area contributed by atoms with Crippen LogP contribution in [0.2, 0.25) is 0 Å². The van der Waals surface area contributed by atoms with Crippen molar-refractivity contribution in [1.29, 1.82) is 0 Å². The molecule has 4 heteroatoms. The summed E-state index contributed by atoms with van der Waals surface area (Å²) in [6, 6.07) is 0.0891. The molecule has 1 heterocycles. The summed E-state index contributed by atoms with van der Waals surface area (Å²) in [5, 5.41) is 6.47. The quantitative estimate of drug-likeness (QED) is 0.510. The van der Waals surface area contributed by atoms with E-state index in [9.17, 15) is 4.79 Å². The lowest BCUT2D eigenvalue weighted by Crippen LogP contribution is -2.51. The lowest BCUT2D eigenvalue weighted by atomic mass is 10.0.